The number of fused-ring (bicyclic) bond motifs is 1. The van der Waals surface area contributed by atoms with Gasteiger partial charge in [-0.1, -0.05) is 18.2 Å². The maximum absolute atomic E-state index is 12.5. The molecule has 4 rings (SSSR count). The molecule has 6 nitrogen and oxygen atoms in total. The van der Waals surface area contributed by atoms with Gasteiger partial charge in [-0.3, -0.25) is 4.79 Å². The zero-order chi connectivity index (χ0) is 20.9. The summed E-state index contributed by atoms with van der Waals surface area (Å²) in [7, 11) is 0. The van der Waals surface area contributed by atoms with Crippen LogP contribution in [0.1, 0.15) is 29.3 Å². The molecule has 158 valence electrons. The van der Waals surface area contributed by atoms with E-state index in [1.165, 1.54) is 11.3 Å². The summed E-state index contributed by atoms with van der Waals surface area (Å²) in [5, 5.41) is 3.08. The van der Waals surface area contributed by atoms with Crippen LogP contribution < -0.4 is 15.1 Å². The highest BCUT2D eigenvalue weighted by molar-refractivity contribution is 5.94. The van der Waals surface area contributed by atoms with Gasteiger partial charge in [0.1, 0.15) is 0 Å². The molecule has 2 aliphatic heterocycles. The molecule has 2 heterocycles. The Kier molecular flexibility index (Phi) is 6.21. The van der Waals surface area contributed by atoms with Crippen molar-refractivity contribution in [2.45, 2.75) is 19.8 Å². The third kappa shape index (κ3) is 4.58. The van der Waals surface area contributed by atoms with E-state index in [-0.39, 0.29) is 11.8 Å². The minimum absolute atomic E-state index is 0.0309. The van der Waals surface area contributed by atoms with Crippen LogP contribution >= 0.6 is 0 Å². The zero-order valence-corrected chi connectivity index (χ0v) is 17.6. The van der Waals surface area contributed by atoms with E-state index in [0.717, 1.165) is 50.3 Å². The lowest BCUT2D eigenvalue weighted by atomic mass is 10.1. The molecule has 0 unspecified atom stereocenters. The van der Waals surface area contributed by atoms with Gasteiger partial charge in [-0.2, -0.15) is 0 Å². The third-order valence-electron chi connectivity index (χ3n) is 6.07. The van der Waals surface area contributed by atoms with Crippen LogP contribution in [0.25, 0.3) is 0 Å². The van der Waals surface area contributed by atoms with Gasteiger partial charge in [0, 0.05) is 62.8 Å². The molecule has 1 saturated heterocycles. The number of carbonyl (C=O) groups is 2. The predicted molar refractivity (Wildman–Crippen MR) is 121 cm³/mol. The topological polar surface area (TPSA) is 55.9 Å². The van der Waals surface area contributed by atoms with E-state index in [1.54, 1.807) is 6.92 Å². The lowest BCUT2D eigenvalue weighted by molar-refractivity contribution is 0.101. The summed E-state index contributed by atoms with van der Waals surface area (Å²) in [5.74, 6) is 0.0805. The van der Waals surface area contributed by atoms with Crippen LogP contribution in [0, 0.1) is 0 Å². The van der Waals surface area contributed by atoms with Crippen LogP contribution in [-0.2, 0) is 6.42 Å². The average Bonchev–Trinajstić information content (AvgIpc) is 3.20. The number of nitrogens with zero attached hydrogens (tertiary/aromatic N) is 3. The number of hydrogen-bond acceptors (Lipinski definition) is 4. The largest absolute Gasteiger partial charge is 0.371 e. The van der Waals surface area contributed by atoms with E-state index in [9.17, 15) is 9.59 Å². The van der Waals surface area contributed by atoms with Crippen molar-refractivity contribution in [1.82, 2.24) is 10.2 Å². The Morgan fingerprint density at radius 1 is 0.933 bits per heavy atom. The molecule has 0 aromatic heterocycles. The fraction of sp³-hybridized carbons (Fsp3) is 0.417. The minimum atomic E-state index is 0.0309. The molecular weight excluding hydrogens is 376 g/mol. The molecule has 30 heavy (non-hydrogen) atoms. The first-order valence-electron chi connectivity index (χ1n) is 10.8. The predicted octanol–water partition coefficient (Wildman–Crippen LogP) is 3.17. The lowest BCUT2D eigenvalue weighted by Crippen LogP contribution is -2.52. The molecule has 0 atom stereocenters. The Bertz CT molecular complexity index is 888. The summed E-state index contributed by atoms with van der Waals surface area (Å²) < 4.78 is 0. The van der Waals surface area contributed by atoms with Crippen molar-refractivity contribution in [1.29, 1.82) is 0 Å². The maximum atomic E-state index is 12.5. The van der Waals surface area contributed by atoms with Gasteiger partial charge in [0.25, 0.3) is 0 Å². The SMILES string of the molecule is CC(=O)c1ccc(N2CCN(C(=O)NCCCN3CCc4ccccc43)CC2)cc1. The highest BCUT2D eigenvalue weighted by Gasteiger charge is 2.21. The van der Waals surface area contributed by atoms with Gasteiger partial charge in [-0.25, -0.2) is 4.79 Å². The second-order valence-electron chi connectivity index (χ2n) is 8.03. The first kappa shape index (κ1) is 20.3. The number of Topliss-reactive ketones (excluding diaryl/α,β-unsaturated/α-hetero) is 1. The highest BCUT2D eigenvalue weighted by Crippen LogP contribution is 2.27. The van der Waals surface area contributed by atoms with Gasteiger partial charge in [-0.15, -0.1) is 0 Å². The Hall–Kier alpha value is -3.02. The summed E-state index contributed by atoms with van der Waals surface area (Å²) in [6.07, 6.45) is 2.06. The van der Waals surface area contributed by atoms with Crippen LogP contribution in [0.2, 0.25) is 0 Å². The second kappa shape index (κ2) is 9.20. The van der Waals surface area contributed by atoms with Gasteiger partial charge in [0.05, 0.1) is 0 Å². The van der Waals surface area contributed by atoms with Crippen LogP contribution in [0.15, 0.2) is 48.5 Å². The summed E-state index contributed by atoms with van der Waals surface area (Å²) in [6, 6.07) is 16.3. The first-order chi connectivity index (χ1) is 14.6. The molecule has 0 bridgehead atoms. The zero-order valence-electron chi connectivity index (χ0n) is 17.6. The Morgan fingerprint density at radius 3 is 2.40 bits per heavy atom. The smallest absolute Gasteiger partial charge is 0.317 e. The molecule has 2 aliphatic rings. The van der Waals surface area contributed by atoms with Crippen molar-refractivity contribution in [3.8, 4) is 0 Å². The summed E-state index contributed by atoms with van der Waals surface area (Å²) in [6.45, 7) is 7.35. The molecule has 6 heteroatoms. The number of amides is 2. The summed E-state index contributed by atoms with van der Waals surface area (Å²) in [4.78, 5) is 30.5. The number of urea groups is 1. The van der Waals surface area contributed by atoms with Crippen molar-refractivity contribution < 1.29 is 9.59 Å². The highest BCUT2D eigenvalue weighted by atomic mass is 16.2. The third-order valence-corrected chi connectivity index (χ3v) is 6.07. The molecule has 2 aromatic carbocycles. The molecule has 0 spiro atoms. The number of piperazine rings is 1. The standard InChI is InChI=1S/C24H30N4O2/c1-19(29)20-7-9-22(10-8-20)26-15-17-28(18-16-26)24(30)25-12-4-13-27-14-11-21-5-2-3-6-23(21)27/h2-3,5-10H,4,11-18H2,1H3,(H,25,30). The number of benzene rings is 2. The molecule has 2 aromatic rings. The number of hydrogen-bond donors (Lipinski definition) is 1. The fourth-order valence-electron chi connectivity index (χ4n) is 4.29. The minimum Gasteiger partial charge on any atom is -0.371 e. The van der Waals surface area contributed by atoms with Crippen molar-refractivity contribution in [3.05, 3.63) is 59.7 Å². The second-order valence-corrected chi connectivity index (χ2v) is 8.03. The monoisotopic (exact) mass is 406 g/mol. The summed E-state index contributed by atoms with van der Waals surface area (Å²) in [5.41, 5.74) is 4.60. The van der Waals surface area contributed by atoms with E-state index in [0.29, 0.717) is 19.6 Å². The van der Waals surface area contributed by atoms with Crippen molar-refractivity contribution >= 4 is 23.2 Å². The van der Waals surface area contributed by atoms with E-state index < -0.39 is 0 Å². The van der Waals surface area contributed by atoms with Crippen molar-refractivity contribution in [3.63, 3.8) is 0 Å². The van der Waals surface area contributed by atoms with Crippen molar-refractivity contribution in [2.75, 3.05) is 55.6 Å². The molecular formula is C24H30N4O2. The average molecular weight is 407 g/mol. The van der Waals surface area contributed by atoms with E-state index >= 15 is 0 Å². The number of ketones is 1. The number of anilines is 2. The van der Waals surface area contributed by atoms with Gasteiger partial charge in [0.15, 0.2) is 5.78 Å². The van der Waals surface area contributed by atoms with Crippen molar-refractivity contribution in [2.24, 2.45) is 0 Å². The Morgan fingerprint density at radius 2 is 1.67 bits per heavy atom. The lowest BCUT2D eigenvalue weighted by Gasteiger charge is -2.36. The van der Waals surface area contributed by atoms with E-state index in [1.807, 2.05) is 29.2 Å². The van der Waals surface area contributed by atoms with Crippen LogP contribution in [0.5, 0.6) is 0 Å². The Balaban J connectivity index is 1.17. The fourth-order valence-corrected chi connectivity index (χ4v) is 4.29. The summed E-state index contributed by atoms with van der Waals surface area (Å²) >= 11 is 0. The van der Waals surface area contributed by atoms with Crippen LogP contribution in [0.4, 0.5) is 16.2 Å². The van der Waals surface area contributed by atoms with E-state index in [4.69, 9.17) is 0 Å². The molecule has 0 aliphatic carbocycles. The molecule has 0 saturated carbocycles. The van der Waals surface area contributed by atoms with Gasteiger partial charge in [0.2, 0.25) is 0 Å². The number of rotatable bonds is 6. The Labute approximate surface area is 178 Å². The maximum Gasteiger partial charge on any atom is 0.317 e. The molecule has 1 fully saturated rings. The normalized spacial score (nSPS) is 15.8. The van der Waals surface area contributed by atoms with Crippen LogP contribution in [-0.4, -0.2) is 62.5 Å². The van der Waals surface area contributed by atoms with Crippen LogP contribution in [0.3, 0.4) is 0 Å². The quantitative estimate of drug-likeness (QED) is 0.591. The first-order valence-corrected chi connectivity index (χ1v) is 10.8. The number of para-hydroxylation sites is 1. The molecule has 0 radical (unpaired) electrons. The molecule has 1 N–H and O–H groups in total. The number of carbonyl (C=O) groups excluding carboxylic acids is 2. The number of nitrogens with one attached hydrogen (secondary N) is 1. The van der Waals surface area contributed by atoms with E-state index in [2.05, 4.69) is 39.4 Å². The van der Waals surface area contributed by atoms with Gasteiger partial charge < -0.3 is 20.0 Å². The van der Waals surface area contributed by atoms with Gasteiger partial charge >= 0.3 is 6.03 Å². The van der Waals surface area contributed by atoms with Gasteiger partial charge in [-0.05, 0) is 55.7 Å². The molecule has 2 amide bonds.